The summed E-state index contributed by atoms with van der Waals surface area (Å²) in [5, 5.41) is 1.44. The molecule has 1 heterocycles. The molecule has 0 unspecified atom stereocenters. The highest BCUT2D eigenvalue weighted by molar-refractivity contribution is 7.99. The van der Waals surface area contributed by atoms with Crippen LogP contribution in [0.5, 0.6) is 0 Å². The fourth-order valence-corrected chi connectivity index (χ4v) is 4.92. The Morgan fingerprint density at radius 1 is 0.971 bits per heavy atom. The minimum Gasteiger partial charge on any atom is -0.465 e. The van der Waals surface area contributed by atoms with Crippen molar-refractivity contribution in [2.24, 2.45) is 0 Å². The predicted octanol–water partition coefficient (Wildman–Crippen LogP) is 5.69. The number of hydrogen-bond acceptors (Lipinski definition) is 6. The molecule has 0 fully saturated rings. The molecule has 0 aliphatic heterocycles. The van der Waals surface area contributed by atoms with Crippen LogP contribution in [0.25, 0.3) is 0 Å². The fraction of sp³-hybridized carbons (Fsp3) is 0.370. The maximum atomic E-state index is 13.5. The summed E-state index contributed by atoms with van der Waals surface area (Å²) in [5.41, 5.74) is 0.487. The molecule has 2 aromatic carbocycles. The van der Waals surface area contributed by atoms with Gasteiger partial charge in [-0.1, -0.05) is 78.8 Å². The van der Waals surface area contributed by atoms with Gasteiger partial charge in [0, 0.05) is 29.1 Å². The number of hydrogen-bond donors (Lipinski definition) is 0. The third-order valence-corrected chi connectivity index (χ3v) is 7.15. The minimum absolute atomic E-state index is 0.0405. The number of carbonyl (C=O) groups excluding carboxylic acids is 2. The highest BCUT2D eigenvalue weighted by Crippen LogP contribution is 2.34. The van der Waals surface area contributed by atoms with Gasteiger partial charge >= 0.3 is 11.9 Å². The maximum Gasteiger partial charge on any atom is 0.328 e. The normalized spacial score (nSPS) is 11.3. The number of ether oxygens (including phenoxy) is 2. The third-order valence-electron chi connectivity index (χ3n) is 5.58. The zero-order valence-corrected chi connectivity index (χ0v) is 21.9. The molecule has 0 atom stereocenters. The van der Waals surface area contributed by atoms with Gasteiger partial charge in [0.05, 0.1) is 19.8 Å². The smallest absolute Gasteiger partial charge is 0.328 e. The van der Waals surface area contributed by atoms with Gasteiger partial charge in [0.2, 0.25) is 0 Å². The number of imidazole rings is 1. The van der Waals surface area contributed by atoms with Gasteiger partial charge in [0.1, 0.15) is 0 Å². The zero-order chi connectivity index (χ0) is 25.3. The van der Waals surface area contributed by atoms with Crippen molar-refractivity contribution in [2.45, 2.75) is 50.7 Å². The van der Waals surface area contributed by atoms with Gasteiger partial charge in [-0.05, 0) is 37.5 Å². The van der Waals surface area contributed by atoms with E-state index in [0.29, 0.717) is 22.8 Å². The van der Waals surface area contributed by atoms with Gasteiger partial charge in [-0.25, -0.2) is 4.98 Å². The van der Waals surface area contributed by atoms with Crippen LogP contribution in [0.3, 0.4) is 0 Å². The number of benzene rings is 2. The Balaban J connectivity index is 2.16. The molecule has 3 rings (SSSR count). The van der Waals surface area contributed by atoms with Gasteiger partial charge in [-0.15, -0.1) is 0 Å². The molecule has 0 amide bonds. The summed E-state index contributed by atoms with van der Waals surface area (Å²) < 4.78 is 12.9. The monoisotopic (exact) mass is 514 g/mol. The molecule has 0 aliphatic carbocycles. The van der Waals surface area contributed by atoms with Crippen molar-refractivity contribution in [1.29, 1.82) is 0 Å². The largest absolute Gasteiger partial charge is 0.465 e. The van der Waals surface area contributed by atoms with Crippen molar-refractivity contribution in [3.8, 4) is 0 Å². The van der Waals surface area contributed by atoms with Crippen LogP contribution in [-0.4, -0.2) is 40.5 Å². The van der Waals surface area contributed by atoms with E-state index >= 15 is 0 Å². The van der Waals surface area contributed by atoms with Crippen LogP contribution >= 0.6 is 23.4 Å². The van der Waals surface area contributed by atoms with E-state index in [2.05, 4.69) is 11.9 Å². The third kappa shape index (κ3) is 6.08. The molecular formula is C27H31ClN2O4S. The molecular weight excluding hydrogens is 484 g/mol. The highest BCUT2D eigenvalue weighted by atomic mass is 35.5. The summed E-state index contributed by atoms with van der Waals surface area (Å²) in [6.07, 6.45) is 2.75. The second-order valence-corrected chi connectivity index (χ2v) is 9.42. The van der Waals surface area contributed by atoms with Crippen molar-refractivity contribution < 1.29 is 19.1 Å². The number of nitrogens with zero attached hydrogens (tertiary/aromatic N) is 2. The van der Waals surface area contributed by atoms with Crippen molar-refractivity contribution in [3.63, 3.8) is 0 Å². The first-order chi connectivity index (χ1) is 17.0. The Bertz CT molecular complexity index is 1120. The van der Waals surface area contributed by atoms with Crippen LogP contribution in [0.4, 0.5) is 0 Å². The molecule has 0 aliphatic rings. The lowest BCUT2D eigenvalue weighted by molar-refractivity contribution is -0.165. The van der Waals surface area contributed by atoms with Crippen molar-refractivity contribution in [3.05, 3.63) is 82.6 Å². The fourth-order valence-electron chi connectivity index (χ4n) is 3.88. The summed E-state index contributed by atoms with van der Waals surface area (Å²) in [6.45, 7) is 6.29. The summed E-state index contributed by atoms with van der Waals surface area (Å²) in [6, 6.07) is 16.6. The van der Waals surface area contributed by atoms with Crippen LogP contribution in [0.1, 0.15) is 44.0 Å². The molecule has 0 saturated heterocycles. The standard InChI is InChI=1S/C27H31ClN2O4S/c1-4-16-35-26-29-18-22(30(26)19-20-12-10-11-15-23(20)28)17-27(24(31)33-5-2,25(32)34-6-3)21-13-8-7-9-14-21/h7-15,18H,4-6,16-17,19H2,1-3H3. The first-order valence-electron chi connectivity index (χ1n) is 11.8. The Morgan fingerprint density at radius 3 is 2.20 bits per heavy atom. The number of rotatable bonds is 12. The lowest BCUT2D eigenvalue weighted by Crippen LogP contribution is -2.48. The van der Waals surface area contributed by atoms with Gasteiger partial charge in [-0.2, -0.15) is 0 Å². The van der Waals surface area contributed by atoms with E-state index < -0.39 is 17.4 Å². The van der Waals surface area contributed by atoms with Crippen LogP contribution in [0.15, 0.2) is 66.0 Å². The van der Waals surface area contributed by atoms with E-state index in [4.69, 9.17) is 21.1 Å². The summed E-state index contributed by atoms with van der Waals surface area (Å²) in [5.74, 6) is -0.394. The average molecular weight is 515 g/mol. The topological polar surface area (TPSA) is 70.4 Å². The lowest BCUT2D eigenvalue weighted by Gasteiger charge is -2.30. The molecule has 0 radical (unpaired) electrons. The van der Waals surface area contributed by atoms with Crippen molar-refractivity contribution in [2.75, 3.05) is 19.0 Å². The van der Waals surface area contributed by atoms with E-state index in [9.17, 15) is 9.59 Å². The summed E-state index contributed by atoms with van der Waals surface area (Å²) in [4.78, 5) is 31.7. The summed E-state index contributed by atoms with van der Waals surface area (Å²) in [7, 11) is 0. The predicted molar refractivity (Wildman–Crippen MR) is 139 cm³/mol. The van der Waals surface area contributed by atoms with Crippen LogP contribution < -0.4 is 0 Å². The SMILES string of the molecule is CCCSc1ncc(CC(C(=O)OCC)(C(=O)OCC)c2ccccc2)n1Cc1ccccc1Cl. The Kier molecular flexibility index (Phi) is 9.81. The summed E-state index contributed by atoms with van der Waals surface area (Å²) >= 11 is 8.10. The number of aromatic nitrogens is 2. The highest BCUT2D eigenvalue weighted by Gasteiger charge is 2.51. The van der Waals surface area contributed by atoms with Gasteiger partial charge in [-0.3, -0.25) is 9.59 Å². The Labute approximate surface area is 216 Å². The number of esters is 2. The molecule has 8 heteroatoms. The molecule has 35 heavy (non-hydrogen) atoms. The van der Waals surface area contributed by atoms with Gasteiger partial charge in [0.15, 0.2) is 10.6 Å². The molecule has 0 bridgehead atoms. The zero-order valence-electron chi connectivity index (χ0n) is 20.3. The number of halogens is 1. The Morgan fingerprint density at radius 2 is 1.60 bits per heavy atom. The van der Waals surface area contributed by atoms with Gasteiger partial charge < -0.3 is 14.0 Å². The average Bonchev–Trinajstić information content (AvgIpc) is 3.24. The van der Waals surface area contributed by atoms with Crippen molar-refractivity contribution >= 4 is 35.3 Å². The quantitative estimate of drug-likeness (QED) is 0.175. The molecule has 1 aromatic heterocycles. The molecule has 0 saturated carbocycles. The molecule has 186 valence electrons. The first kappa shape index (κ1) is 26.8. The van der Waals surface area contributed by atoms with Crippen molar-refractivity contribution in [1.82, 2.24) is 9.55 Å². The molecule has 3 aromatic rings. The second-order valence-electron chi connectivity index (χ2n) is 7.95. The van der Waals surface area contributed by atoms with E-state index in [1.165, 1.54) is 0 Å². The first-order valence-corrected chi connectivity index (χ1v) is 13.1. The van der Waals surface area contributed by atoms with Gasteiger partial charge in [0.25, 0.3) is 0 Å². The van der Waals surface area contributed by atoms with E-state index in [1.807, 2.05) is 34.9 Å². The van der Waals surface area contributed by atoms with Crippen LogP contribution in [-0.2, 0) is 37.4 Å². The molecule has 0 spiro atoms. The Hall–Kier alpha value is -2.77. The van der Waals surface area contributed by atoms with Crippen LogP contribution in [0, 0.1) is 0 Å². The minimum atomic E-state index is -1.67. The van der Waals surface area contributed by atoms with E-state index in [0.717, 1.165) is 22.9 Å². The molecule has 6 nitrogen and oxygen atoms in total. The second kappa shape index (κ2) is 12.8. The number of carbonyl (C=O) groups is 2. The maximum absolute atomic E-state index is 13.5. The van der Waals surface area contributed by atoms with Crippen LogP contribution in [0.2, 0.25) is 5.02 Å². The van der Waals surface area contributed by atoms with E-state index in [-0.39, 0.29) is 19.6 Å². The van der Waals surface area contributed by atoms with E-state index in [1.54, 1.807) is 56.1 Å². The lowest BCUT2D eigenvalue weighted by atomic mass is 9.76. The molecule has 0 N–H and O–H groups in total. The number of thioether (sulfide) groups is 1.